The van der Waals surface area contributed by atoms with E-state index >= 15 is 0 Å². The van der Waals surface area contributed by atoms with Crippen LogP contribution in [0.5, 0.6) is 0 Å². The fourth-order valence-electron chi connectivity index (χ4n) is 10.6. The molecule has 0 N–H and O–H groups in total. The van der Waals surface area contributed by atoms with Gasteiger partial charge in [0.1, 0.15) is 0 Å². The Kier molecular flexibility index (Phi) is 12.4. The third-order valence-electron chi connectivity index (χ3n) is 14.1. The topological polar surface area (TPSA) is 25.8 Å². The molecule has 0 unspecified atom stereocenters. The summed E-state index contributed by atoms with van der Waals surface area (Å²) in [6.45, 7) is 0. The molecule has 344 valence electrons. The van der Waals surface area contributed by atoms with E-state index in [-0.39, 0.29) is 0 Å². The minimum Gasteiger partial charge on any atom is -0.228 e. The second-order valence-electron chi connectivity index (χ2n) is 18.5. The third kappa shape index (κ3) is 8.95. The Labute approximate surface area is 429 Å². The van der Waals surface area contributed by atoms with E-state index < -0.39 is 8.07 Å². The molecule has 0 atom stereocenters. The van der Waals surface area contributed by atoms with E-state index in [1.54, 1.807) is 0 Å². The van der Waals surface area contributed by atoms with Gasteiger partial charge in [-0.15, -0.1) is 0 Å². The van der Waals surface area contributed by atoms with Crippen molar-refractivity contribution in [3.8, 4) is 89.5 Å². The molecule has 12 rings (SSSR count). The Morgan fingerprint density at radius 1 is 0.205 bits per heavy atom. The van der Waals surface area contributed by atoms with Crippen molar-refractivity contribution in [1.29, 1.82) is 0 Å². The first-order valence-corrected chi connectivity index (χ1v) is 27.0. The maximum Gasteiger partial charge on any atom is 0.179 e. The van der Waals surface area contributed by atoms with Crippen molar-refractivity contribution in [3.63, 3.8) is 0 Å². The first-order valence-electron chi connectivity index (χ1n) is 25.0. The third-order valence-corrected chi connectivity index (χ3v) is 18.8. The van der Waals surface area contributed by atoms with Crippen LogP contribution in [0.15, 0.2) is 303 Å². The van der Waals surface area contributed by atoms with Crippen LogP contribution in [0, 0.1) is 0 Å². The smallest absolute Gasteiger partial charge is 0.179 e. The molecule has 0 saturated carbocycles. The molecule has 0 aliphatic rings. The van der Waals surface area contributed by atoms with Crippen molar-refractivity contribution in [1.82, 2.24) is 9.97 Å². The molecular formula is C70H50N2Si. The maximum absolute atomic E-state index is 5.15. The largest absolute Gasteiger partial charge is 0.228 e. The fraction of sp³-hybridized carbons (Fsp3) is 0. The molecule has 1 heterocycles. The van der Waals surface area contributed by atoms with Gasteiger partial charge < -0.3 is 0 Å². The average Bonchev–Trinajstić information content (AvgIpc) is 3.49. The van der Waals surface area contributed by atoms with Gasteiger partial charge in [0.2, 0.25) is 0 Å². The lowest BCUT2D eigenvalue weighted by Gasteiger charge is -2.34. The number of aromatic nitrogens is 2. The Balaban J connectivity index is 1.01. The molecular weight excluding hydrogens is 897 g/mol. The number of rotatable bonds is 12. The van der Waals surface area contributed by atoms with Gasteiger partial charge in [-0.3, -0.25) is 0 Å². The van der Waals surface area contributed by atoms with Crippen LogP contribution >= 0.6 is 0 Å². The summed E-state index contributed by atoms with van der Waals surface area (Å²) in [6, 6.07) is 110. The summed E-state index contributed by atoms with van der Waals surface area (Å²) in [5.74, 6) is 0.703. The van der Waals surface area contributed by atoms with Gasteiger partial charge in [-0.25, -0.2) is 9.97 Å². The molecule has 12 aromatic rings. The molecule has 73 heavy (non-hydrogen) atoms. The molecule has 0 saturated heterocycles. The number of hydrogen-bond donors (Lipinski definition) is 0. The van der Waals surface area contributed by atoms with Gasteiger partial charge in [0, 0.05) is 16.7 Å². The Hall–Kier alpha value is -9.28. The molecule has 0 aliphatic carbocycles. The van der Waals surface area contributed by atoms with Gasteiger partial charge in [-0.2, -0.15) is 0 Å². The fourth-order valence-corrected chi connectivity index (χ4v) is 15.4. The lowest BCUT2D eigenvalue weighted by Crippen LogP contribution is -2.74. The summed E-state index contributed by atoms with van der Waals surface area (Å²) >= 11 is 0. The quantitative estimate of drug-likeness (QED) is 0.0901. The highest BCUT2D eigenvalue weighted by atomic mass is 28.3. The standard InChI is InChI=1S/C70H50N2Si/c1-8-24-51(25-9-1)60-48-65(53-44-42-52(43-45-53)57-32-22-34-59(46-57)68-50-67(54-26-10-2-11-27-54)71-70(72-68)56-30-14-4-15-31-56)69(55-28-12-3-13-29-55)66(49-60)58-33-23-41-64(47-58)73(61-35-16-5-17-36-61,62-37-18-6-19-38-62)63-39-20-7-21-40-63/h1-50H. The number of hydrogen-bond acceptors (Lipinski definition) is 2. The SMILES string of the molecule is c1ccc(-c2cc(-c3ccc(-c4cccc(-c5cc(-c6ccccc6)nc(-c6ccccc6)n5)c4)cc3)c(-c3ccccc3)c(-c3cccc([Si](c4ccccc4)(c4ccccc4)c4ccccc4)c3)c2)cc1. The van der Waals surface area contributed by atoms with Crippen molar-refractivity contribution in [2.24, 2.45) is 0 Å². The molecule has 1 aromatic heterocycles. The molecule has 0 bridgehead atoms. The van der Waals surface area contributed by atoms with Gasteiger partial charge in [0.25, 0.3) is 0 Å². The van der Waals surface area contributed by atoms with Crippen LogP contribution < -0.4 is 20.7 Å². The Morgan fingerprint density at radius 3 is 1.12 bits per heavy atom. The summed E-state index contributed by atoms with van der Waals surface area (Å²) in [7, 11) is -2.82. The minimum absolute atomic E-state index is 0.703. The second-order valence-corrected chi connectivity index (χ2v) is 22.3. The normalized spacial score (nSPS) is 11.3. The van der Waals surface area contributed by atoms with E-state index in [4.69, 9.17) is 9.97 Å². The van der Waals surface area contributed by atoms with Crippen LogP contribution in [0.1, 0.15) is 0 Å². The van der Waals surface area contributed by atoms with E-state index in [2.05, 4.69) is 279 Å². The maximum atomic E-state index is 5.15. The highest BCUT2D eigenvalue weighted by molar-refractivity contribution is 7.19. The molecule has 0 amide bonds. The molecule has 0 fully saturated rings. The van der Waals surface area contributed by atoms with Crippen LogP contribution in [0.25, 0.3) is 89.5 Å². The van der Waals surface area contributed by atoms with Crippen LogP contribution in [-0.2, 0) is 0 Å². The zero-order valence-corrected chi connectivity index (χ0v) is 41.3. The molecule has 2 nitrogen and oxygen atoms in total. The lowest BCUT2D eigenvalue weighted by molar-refractivity contribution is 1.18. The van der Waals surface area contributed by atoms with Gasteiger partial charge >= 0.3 is 0 Å². The highest BCUT2D eigenvalue weighted by Crippen LogP contribution is 2.44. The lowest BCUT2D eigenvalue weighted by atomic mass is 9.84. The summed E-state index contributed by atoms with van der Waals surface area (Å²) in [5, 5.41) is 5.38. The van der Waals surface area contributed by atoms with E-state index in [9.17, 15) is 0 Å². The molecule has 3 heteroatoms. The summed E-state index contributed by atoms with van der Waals surface area (Å²) < 4.78 is 0. The molecule has 0 radical (unpaired) electrons. The zero-order chi connectivity index (χ0) is 48.8. The highest BCUT2D eigenvalue weighted by Gasteiger charge is 2.41. The first kappa shape index (κ1) is 44.9. The van der Waals surface area contributed by atoms with Crippen LogP contribution in [-0.4, -0.2) is 18.0 Å². The van der Waals surface area contributed by atoms with Gasteiger partial charge in [-0.05, 0) is 101 Å². The summed E-state index contributed by atoms with van der Waals surface area (Å²) in [4.78, 5) is 10.2. The van der Waals surface area contributed by atoms with Crippen LogP contribution in [0.4, 0.5) is 0 Å². The molecule has 0 aliphatic heterocycles. The van der Waals surface area contributed by atoms with Gasteiger partial charge in [0.05, 0.1) is 11.4 Å². The predicted octanol–water partition coefficient (Wildman–Crippen LogP) is 15.2. The molecule has 11 aromatic carbocycles. The Morgan fingerprint density at radius 2 is 0.575 bits per heavy atom. The molecule has 0 spiro atoms. The van der Waals surface area contributed by atoms with E-state index in [1.165, 1.54) is 59.7 Å². The van der Waals surface area contributed by atoms with E-state index in [0.717, 1.165) is 44.8 Å². The second kappa shape index (κ2) is 20.2. The zero-order valence-electron chi connectivity index (χ0n) is 40.3. The average molecular weight is 947 g/mol. The number of benzene rings is 11. The van der Waals surface area contributed by atoms with Gasteiger partial charge in [-0.1, -0.05) is 279 Å². The monoisotopic (exact) mass is 946 g/mol. The van der Waals surface area contributed by atoms with E-state index in [1.807, 2.05) is 24.3 Å². The van der Waals surface area contributed by atoms with Crippen molar-refractivity contribution < 1.29 is 0 Å². The number of nitrogens with zero attached hydrogens (tertiary/aromatic N) is 2. The van der Waals surface area contributed by atoms with Crippen LogP contribution in [0.3, 0.4) is 0 Å². The minimum atomic E-state index is -2.82. The van der Waals surface area contributed by atoms with Crippen molar-refractivity contribution >= 4 is 28.8 Å². The first-order chi connectivity index (χ1) is 36.2. The summed E-state index contributed by atoms with van der Waals surface area (Å²) in [5.41, 5.74) is 16.5. The van der Waals surface area contributed by atoms with Gasteiger partial charge in [0.15, 0.2) is 13.9 Å². The van der Waals surface area contributed by atoms with Crippen molar-refractivity contribution in [2.75, 3.05) is 0 Å². The Bertz CT molecular complexity index is 3640. The predicted molar refractivity (Wildman–Crippen MR) is 309 cm³/mol. The van der Waals surface area contributed by atoms with E-state index in [0.29, 0.717) is 5.82 Å². The van der Waals surface area contributed by atoms with Crippen molar-refractivity contribution in [2.45, 2.75) is 0 Å². The van der Waals surface area contributed by atoms with Crippen LogP contribution in [0.2, 0.25) is 0 Å². The summed E-state index contributed by atoms with van der Waals surface area (Å²) in [6.07, 6.45) is 0. The van der Waals surface area contributed by atoms with Crippen molar-refractivity contribution in [3.05, 3.63) is 303 Å².